The molecule has 1 atom stereocenters. The van der Waals surface area contributed by atoms with Gasteiger partial charge in [0.05, 0.1) is 34.8 Å². The predicted octanol–water partition coefficient (Wildman–Crippen LogP) is 3.27. The molecule has 0 saturated carbocycles. The number of rotatable bonds is 1. The van der Waals surface area contributed by atoms with Gasteiger partial charge in [-0.05, 0) is 31.4 Å². The third-order valence-corrected chi connectivity index (χ3v) is 3.78. The van der Waals surface area contributed by atoms with Crippen molar-refractivity contribution in [2.24, 2.45) is 0 Å². The summed E-state index contributed by atoms with van der Waals surface area (Å²) < 4.78 is 5.52. The summed E-state index contributed by atoms with van der Waals surface area (Å²) in [5, 5.41) is 11.5. The zero-order chi connectivity index (χ0) is 12.7. The highest BCUT2D eigenvalue weighted by Gasteiger charge is 2.25. The van der Waals surface area contributed by atoms with Gasteiger partial charge in [-0.1, -0.05) is 17.7 Å². The van der Waals surface area contributed by atoms with E-state index >= 15 is 0 Å². The number of fused-ring (bicyclic) bond motifs is 2. The molecule has 2 aromatic rings. The third-order valence-electron chi connectivity index (χ3n) is 3.47. The Bertz CT molecular complexity index is 612. The van der Waals surface area contributed by atoms with Crippen LogP contribution in [0.3, 0.4) is 0 Å². The first kappa shape index (κ1) is 11.8. The van der Waals surface area contributed by atoms with Crippen molar-refractivity contribution in [1.82, 2.24) is 4.98 Å². The molecule has 0 aliphatic heterocycles. The number of pyridine rings is 1. The SMILES string of the molecule is COc1c2c(nc3cccc(Cl)c13)C(O)CCC2. The molecule has 3 nitrogen and oxygen atoms in total. The maximum Gasteiger partial charge on any atom is 0.134 e. The largest absolute Gasteiger partial charge is 0.496 e. The van der Waals surface area contributed by atoms with Gasteiger partial charge in [-0.25, -0.2) is 4.98 Å². The number of hydrogen-bond donors (Lipinski definition) is 1. The highest BCUT2D eigenvalue weighted by atomic mass is 35.5. The van der Waals surface area contributed by atoms with Crippen molar-refractivity contribution in [3.63, 3.8) is 0 Å². The molecule has 94 valence electrons. The zero-order valence-electron chi connectivity index (χ0n) is 10.1. The first-order valence-electron chi connectivity index (χ1n) is 6.05. The maximum atomic E-state index is 10.1. The highest BCUT2D eigenvalue weighted by molar-refractivity contribution is 6.36. The predicted molar refractivity (Wildman–Crippen MR) is 71.2 cm³/mol. The minimum atomic E-state index is -0.494. The van der Waals surface area contributed by atoms with Crippen molar-refractivity contribution in [2.75, 3.05) is 7.11 Å². The van der Waals surface area contributed by atoms with Crippen LogP contribution in [0.1, 0.15) is 30.2 Å². The van der Waals surface area contributed by atoms with Gasteiger partial charge in [0.2, 0.25) is 0 Å². The summed E-state index contributed by atoms with van der Waals surface area (Å²) >= 11 is 6.24. The van der Waals surface area contributed by atoms with Crippen LogP contribution >= 0.6 is 11.6 Å². The maximum absolute atomic E-state index is 10.1. The van der Waals surface area contributed by atoms with Gasteiger partial charge < -0.3 is 9.84 Å². The van der Waals surface area contributed by atoms with Gasteiger partial charge in [0.1, 0.15) is 5.75 Å². The standard InChI is InChI=1S/C14H14ClNO2/c1-18-14-8-4-2-7-11(17)13(8)16-10-6-3-5-9(15)12(10)14/h3,5-6,11,17H,2,4,7H2,1H3. The molecule has 1 aliphatic rings. The van der Waals surface area contributed by atoms with Crippen LogP contribution < -0.4 is 4.74 Å². The molecular weight excluding hydrogens is 250 g/mol. The second-order valence-electron chi connectivity index (χ2n) is 4.55. The van der Waals surface area contributed by atoms with Crippen LogP contribution in [0.2, 0.25) is 5.02 Å². The lowest BCUT2D eigenvalue weighted by Gasteiger charge is -2.23. The van der Waals surface area contributed by atoms with Gasteiger partial charge in [0.25, 0.3) is 0 Å². The Morgan fingerprint density at radius 2 is 2.28 bits per heavy atom. The molecule has 0 spiro atoms. The molecule has 1 aromatic carbocycles. The highest BCUT2D eigenvalue weighted by Crippen LogP contribution is 2.40. The van der Waals surface area contributed by atoms with Crippen molar-refractivity contribution >= 4 is 22.5 Å². The van der Waals surface area contributed by atoms with E-state index in [0.29, 0.717) is 5.02 Å². The fourth-order valence-electron chi connectivity index (χ4n) is 2.65. The van der Waals surface area contributed by atoms with Gasteiger partial charge >= 0.3 is 0 Å². The summed E-state index contributed by atoms with van der Waals surface area (Å²) in [4.78, 5) is 4.55. The van der Waals surface area contributed by atoms with Crippen molar-refractivity contribution < 1.29 is 9.84 Å². The molecule has 18 heavy (non-hydrogen) atoms. The number of ether oxygens (including phenoxy) is 1. The summed E-state index contributed by atoms with van der Waals surface area (Å²) in [6.07, 6.45) is 2.09. The van der Waals surface area contributed by atoms with E-state index in [-0.39, 0.29) is 0 Å². The molecular formula is C14H14ClNO2. The molecule has 1 aromatic heterocycles. The smallest absolute Gasteiger partial charge is 0.134 e. The number of hydrogen-bond acceptors (Lipinski definition) is 3. The summed E-state index contributed by atoms with van der Waals surface area (Å²) in [6.45, 7) is 0. The van der Waals surface area contributed by atoms with Crippen molar-refractivity contribution in [1.29, 1.82) is 0 Å². The summed E-state index contributed by atoms with van der Waals surface area (Å²) in [7, 11) is 1.64. The Morgan fingerprint density at radius 3 is 3.06 bits per heavy atom. The van der Waals surface area contributed by atoms with E-state index in [1.807, 2.05) is 18.2 Å². The molecule has 0 bridgehead atoms. The molecule has 0 saturated heterocycles. The average molecular weight is 264 g/mol. The molecule has 1 heterocycles. The average Bonchev–Trinajstić information content (AvgIpc) is 2.38. The quantitative estimate of drug-likeness (QED) is 0.859. The van der Waals surface area contributed by atoms with Crippen LogP contribution in [-0.2, 0) is 6.42 Å². The van der Waals surface area contributed by atoms with Gasteiger partial charge in [0, 0.05) is 5.56 Å². The van der Waals surface area contributed by atoms with Crippen LogP contribution in [0.4, 0.5) is 0 Å². The molecule has 0 fully saturated rings. The fraction of sp³-hybridized carbons (Fsp3) is 0.357. The molecule has 1 unspecified atom stereocenters. The van der Waals surface area contributed by atoms with Crippen LogP contribution in [0, 0.1) is 0 Å². The Morgan fingerprint density at radius 1 is 1.44 bits per heavy atom. The summed E-state index contributed by atoms with van der Waals surface area (Å²) in [6, 6.07) is 5.59. The van der Waals surface area contributed by atoms with Crippen LogP contribution in [0.5, 0.6) is 5.75 Å². The van der Waals surface area contributed by atoms with Crippen LogP contribution in [-0.4, -0.2) is 17.2 Å². The third kappa shape index (κ3) is 1.66. The second kappa shape index (κ2) is 4.41. The van der Waals surface area contributed by atoms with E-state index < -0.39 is 6.10 Å². The van der Waals surface area contributed by atoms with E-state index in [0.717, 1.165) is 47.2 Å². The number of methoxy groups -OCH3 is 1. The lowest BCUT2D eigenvalue weighted by atomic mass is 9.91. The summed E-state index contributed by atoms with van der Waals surface area (Å²) in [5.41, 5.74) is 2.52. The first-order chi connectivity index (χ1) is 8.72. The Hall–Kier alpha value is -1.32. The van der Waals surface area contributed by atoms with Gasteiger partial charge in [-0.3, -0.25) is 0 Å². The fourth-order valence-corrected chi connectivity index (χ4v) is 2.90. The number of halogens is 1. The monoisotopic (exact) mass is 263 g/mol. The van der Waals surface area contributed by atoms with Crippen molar-refractivity contribution in [2.45, 2.75) is 25.4 Å². The zero-order valence-corrected chi connectivity index (χ0v) is 10.9. The number of nitrogens with zero attached hydrogens (tertiary/aromatic N) is 1. The Kier molecular flexibility index (Phi) is 2.88. The van der Waals surface area contributed by atoms with Gasteiger partial charge in [0.15, 0.2) is 0 Å². The van der Waals surface area contributed by atoms with E-state index in [2.05, 4.69) is 4.98 Å². The lowest BCUT2D eigenvalue weighted by Crippen LogP contribution is -2.13. The minimum absolute atomic E-state index is 0.494. The molecule has 4 heteroatoms. The first-order valence-corrected chi connectivity index (χ1v) is 6.43. The molecule has 3 rings (SSSR count). The van der Waals surface area contributed by atoms with E-state index in [4.69, 9.17) is 16.3 Å². The van der Waals surface area contributed by atoms with Crippen molar-refractivity contribution in [3.8, 4) is 5.75 Å². The summed E-state index contributed by atoms with van der Waals surface area (Å²) in [5.74, 6) is 0.763. The van der Waals surface area contributed by atoms with Crippen LogP contribution in [0.25, 0.3) is 10.9 Å². The Balaban J connectivity index is 2.40. The Labute approximate surface area is 110 Å². The second-order valence-corrected chi connectivity index (χ2v) is 4.96. The molecule has 1 aliphatic carbocycles. The number of aliphatic hydroxyl groups excluding tert-OH is 1. The number of aliphatic hydroxyl groups is 1. The van der Waals surface area contributed by atoms with Crippen LogP contribution in [0.15, 0.2) is 18.2 Å². The van der Waals surface area contributed by atoms with E-state index in [1.54, 1.807) is 7.11 Å². The van der Waals surface area contributed by atoms with E-state index in [9.17, 15) is 5.11 Å². The molecule has 0 radical (unpaired) electrons. The van der Waals surface area contributed by atoms with Crippen molar-refractivity contribution in [3.05, 3.63) is 34.5 Å². The molecule has 1 N–H and O–H groups in total. The number of benzene rings is 1. The topological polar surface area (TPSA) is 42.4 Å². The normalized spacial score (nSPS) is 18.7. The molecule has 0 amide bonds. The van der Waals surface area contributed by atoms with Gasteiger partial charge in [-0.15, -0.1) is 0 Å². The lowest BCUT2D eigenvalue weighted by molar-refractivity contribution is 0.151. The number of aromatic nitrogens is 1. The minimum Gasteiger partial charge on any atom is -0.496 e. The van der Waals surface area contributed by atoms with Gasteiger partial charge in [-0.2, -0.15) is 0 Å². The van der Waals surface area contributed by atoms with E-state index in [1.165, 1.54) is 0 Å².